The van der Waals surface area contributed by atoms with Crippen LogP contribution in [0.4, 0.5) is 0 Å². The van der Waals surface area contributed by atoms with Gasteiger partial charge in [-0.25, -0.2) is 0 Å². The molecule has 1 heterocycles. The predicted molar refractivity (Wildman–Crippen MR) is 57.9 cm³/mol. The third kappa shape index (κ3) is 3.44. The second-order valence-corrected chi connectivity index (χ2v) is 5.45. The van der Waals surface area contributed by atoms with Gasteiger partial charge in [0.15, 0.2) is 0 Å². The summed E-state index contributed by atoms with van der Waals surface area (Å²) < 4.78 is 0. The molecule has 3 heteroatoms. The Bertz CT molecular complexity index is 236. The molecule has 0 aliphatic carbocycles. The van der Waals surface area contributed by atoms with E-state index in [9.17, 15) is 0 Å². The van der Waals surface area contributed by atoms with Crippen molar-refractivity contribution in [2.75, 3.05) is 0 Å². The van der Waals surface area contributed by atoms with Crippen molar-refractivity contribution in [1.82, 2.24) is 4.98 Å². The van der Waals surface area contributed by atoms with Crippen LogP contribution in [-0.4, -0.2) is 11.0 Å². The Morgan fingerprint density at radius 3 is 2.69 bits per heavy atom. The molecular weight excluding hydrogens is 180 g/mol. The summed E-state index contributed by atoms with van der Waals surface area (Å²) in [7, 11) is 0. The number of nitrogens with zero attached hydrogens (tertiary/aromatic N) is 1. The second-order valence-electron chi connectivity index (χ2n) is 4.48. The van der Waals surface area contributed by atoms with E-state index in [-0.39, 0.29) is 11.5 Å². The predicted octanol–water partition coefficient (Wildman–Crippen LogP) is 2.45. The first-order chi connectivity index (χ1) is 6.00. The molecule has 1 unspecified atom stereocenters. The van der Waals surface area contributed by atoms with Crippen LogP contribution in [-0.2, 0) is 6.42 Å². The molecule has 0 saturated heterocycles. The molecule has 0 aromatic carbocycles. The van der Waals surface area contributed by atoms with E-state index in [0.717, 1.165) is 12.8 Å². The van der Waals surface area contributed by atoms with Gasteiger partial charge >= 0.3 is 0 Å². The first kappa shape index (κ1) is 10.7. The van der Waals surface area contributed by atoms with E-state index in [0.29, 0.717) is 0 Å². The Balaban J connectivity index is 2.35. The average Bonchev–Trinajstić information content (AvgIpc) is 2.50. The zero-order valence-corrected chi connectivity index (χ0v) is 9.40. The van der Waals surface area contributed by atoms with Crippen LogP contribution in [0.1, 0.15) is 32.1 Å². The van der Waals surface area contributed by atoms with Crippen LogP contribution in [0.2, 0.25) is 0 Å². The number of aromatic nitrogens is 1. The lowest BCUT2D eigenvalue weighted by Crippen LogP contribution is -2.35. The largest absolute Gasteiger partial charge is 0.327 e. The van der Waals surface area contributed by atoms with Gasteiger partial charge in [-0.05, 0) is 18.3 Å². The van der Waals surface area contributed by atoms with Crippen LogP contribution in [0.15, 0.2) is 11.7 Å². The summed E-state index contributed by atoms with van der Waals surface area (Å²) in [6.07, 6.45) is 4.04. The Morgan fingerprint density at radius 2 is 2.23 bits per heavy atom. The molecule has 0 bridgehead atoms. The Labute approximate surface area is 84.2 Å². The number of hydrogen-bond acceptors (Lipinski definition) is 3. The topological polar surface area (TPSA) is 38.9 Å². The minimum atomic E-state index is 0.213. The van der Waals surface area contributed by atoms with Gasteiger partial charge in [-0.3, -0.25) is 4.98 Å². The molecule has 74 valence electrons. The third-order valence-electron chi connectivity index (χ3n) is 2.30. The minimum Gasteiger partial charge on any atom is -0.327 e. The highest BCUT2D eigenvalue weighted by atomic mass is 32.1. The van der Waals surface area contributed by atoms with Gasteiger partial charge in [0.05, 0.1) is 5.51 Å². The number of nitrogens with two attached hydrogens (primary N) is 1. The molecule has 13 heavy (non-hydrogen) atoms. The molecule has 0 aliphatic rings. The standard InChI is InChI=1S/C10H18N2S/c1-10(2,3)9(11)5-4-8-6-12-7-13-8/h6-7,9H,4-5,11H2,1-3H3. The highest BCUT2D eigenvalue weighted by Crippen LogP contribution is 2.21. The van der Waals surface area contributed by atoms with E-state index < -0.39 is 0 Å². The van der Waals surface area contributed by atoms with E-state index in [1.54, 1.807) is 11.3 Å². The van der Waals surface area contributed by atoms with Gasteiger partial charge < -0.3 is 5.73 Å². The summed E-state index contributed by atoms with van der Waals surface area (Å²) in [4.78, 5) is 5.37. The van der Waals surface area contributed by atoms with Crippen LogP contribution in [0.25, 0.3) is 0 Å². The molecule has 1 rings (SSSR count). The quantitative estimate of drug-likeness (QED) is 0.810. The van der Waals surface area contributed by atoms with Crippen molar-refractivity contribution in [1.29, 1.82) is 0 Å². The Morgan fingerprint density at radius 1 is 1.54 bits per heavy atom. The molecule has 0 spiro atoms. The van der Waals surface area contributed by atoms with Crippen LogP contribution >= 0.6 is 11.3 Å². The van der Waals surface area contributed by atoms with Crippen molar-refractivity contribution in [3.63, 3.8) is 0 Å². The van der Waals surface area contributed by atoms with Crippen LogP contribution in [0, 0.1) is 5.41 Å². The molecule has 1 aromatic heterocycles. The van der Waals surface area contributed by atoms with Crippen molar-refractivity contribution in [2.24, 2.45) is 11.1 Å². The fourth-order valence-electron chi connectivity index (χ4n) is 1.10. The summed E-state index contributed by atoms with van der Waals surface area (Å²) in [5.41, 5.74) is 8.14. The molecule has 0 amide bonds. The number of thiazole rings is 1. The van der Waals surface area contributed by atoms with Gasteiger partial charge in [-0.2, -0.15) is 0 Å². The molecular formula is C10H18N2S. The van der Waals surface area contributed by atoms with Crippen molar-refractivity contribution in [2.45, 2.75) is 39.7 Å². The summed E-state index contributed by atoms with van der Waals surface area (Å²) in [6, 6.07) is 0.273. The first-order valence-corrected chi connectivity index (χ1v) is 5.51. The molecule has 0 fully saturated rings. The lowest BCUT2D eigenvalue weighted by molar-refractivity contribution is 0.306. The zero-order chi connectivity index (χ0) is 9.90. The summed E-state index contributed by atoms with van der Waals surface area (Å²) in [6.45, 7) is 6.55. The Hall–Kier alpha value is -0.410. The van der Waals surface area contributed by atoms with E-state index >= 15 is 0 Å². The van der Waals surface area contributed by atoms with Gasteiger partial charge in [0.2, 0.25) is 0 Å². The molecule has 0 aliphatic heterocycles. The number of aryl methyl sites for hydroxylation is 1. The van der Waals surface area contributed by atoms with Crippen molar-refractivity contribution in [3.8, 4) is 0 Å². The monoisotopic (exact) mass is 198 g/mol. The summed E-state index contributed by atoms with van der Waals surface area (Å²) in [5.74, 6) is 0. The average molecular weight is 198 g/mol. The van der Waals surface area contributed by atoms with Crippen LogP contribution < -0.4 is 5.73 Å². The molecule has 2 N–H and O–H groups in total. The van der Waals surface area contributed by atoms with E-state index in [2.05, 4.69) is 25.8 Å². The van der Waals surface area contributed by atoms with Gasteiger partial charge in [-0.15, -0.1) is 11.3 Å². The summed E-state index contributed by atoms with van der Waals surface area (Å²) in [5, 5.41) is 0. The van der Waals surface area contributed by atoms with Crippen LogP contribution in [0.5, 0.6) is 0 Å². The number of rotatable bonds is 3. The lowest BCUT2D eigenvalue weighted by atomic mass is 9.85. The normalized spacial score (nSPS) is 14.5. The summed E-state index contributed by atoms with van der Waals surface area (Å²) >= 11 is 1.71. The lowest BCUT2D eigenvalue weighted by Gasteiger charge is -2.26. The highest BCUT2D eigenvalue weighted by molar-refractivity contribution is 7.09. The fourth-order valence-corrected chi connectivity index (χ4v) is 1.71. The van der Waals surface area contributed by atoms with Gasteiger partial charge in [0, 0.05) is 17.1 Å². The van der Waals surface area contributed by atoms with E-state index in [1.165, 1.54) is 4.88 Å². The smallest absolute Gasteiger partial charge is 0.0794 e. The number of hydrogen-bond donors (Lipinski definition) is 1. The van der Waals surface area contributed by atoms with E-state index in [1.807, 2.05) is 11.7 Å². The van der Waals surface area contributed by atoms with Crippen molar-refractivity contribution < 1.29 is 0 Å². The minimum absolute atomic E-state index is 0.213. The van der Waals surface area contributed by atoms with Crippen molar-refractivity contribution >= 4 is 11.3 Å². The molecule has 0 radical (unpaired) electrons. The fraction of sp³-hybridized carbons (Fsp3) is 0.700. The second kappa shape index (κ2) is 4.20. The highest BCUT2D eigenvalue weighted by Gasteiger charge is 2.19. The molecule has 1 atom stereocenters. The van der Waals surface area contributed by atoms with Crippen LogP contribution in [0.3, 0.4) is 0 Å². The molecule has 2 nitrogen and oxygen atoms in total. The third-order valence-corrected chi connectivity index (χ3v) is 3.14. The maximum Gasteiger partial charge on any atom is 0.0794 e. The zero-order valence-electron chi connectivity index (χ0n) is 8.58. The van der Waals surface area contributed by atoms with Crippen molar-refractivity contribution in [3.05, 3.63) is 16.6 Å². The van der Waals surface area contributed by atoms with Gasteiger partial charge in [0.1, 0.15) is 0 Å². The van der Waals surface area contributed by atoms with E-state index in [4.69, 9.17) is 5.73 Å². The first-order valence-electron chi connectivity index (χ1n) is 4.63. The van der Waals surface area contributed by atoms with Gasteiger partial charge in [0.25, 0.3) is 0 Å². The maximum absolute atomic E-state index is 6.05. The maximum atomic E-state index is 6.05. The molecule has 1 aromatic rings. The van der Waals surface area contributed by atoms with Gasteiger partial charge in [-0.1, -0.05) is 20.8 Å². The SMILES string of the molecule is CC(C)(C)C(N)CCc1cncs1. The molecule has 0 saturated carbocycles. The Kier molecular flexibility index (Phi) is 3.45.